The first-order valence-corrected chi connectivity index (χ1v) is 15.6. The number of aliphatic hydroxyl groups is 1. The number of hydrogen-bond donors (Lipinski definition) is 2. The minimum atomic E-state index is -4.03. The van der Waals surface area contributed by atoms with Crippen LogP contribution in [0, 0.1) is 5.92 Å². The molecule has 1 aliphatic carbocycles. The third-order valence-corrected chi connectivity index (χ3v) is 11.0. The number of carbonyl (C=O) groups excluding carboxylic acids is 1. The van der Waals surface area contributed by atoms with Gasteiger partial charge in [-0.2, -0.15) is 4.31 Å². The average Bonchev–Trinajstić information content (AvgIpc) is 3.28. The lowest BCUT2D eigenvalue weighted by Gasteiger charge is -2.44. The minimum absolute atomic E-state index is 0.0713. The maximum Gasteiger partial charge on any atom is 0.247 e. The van der Waals surface area contributed by atoms with Gasteiger partial charge in [0.05, 0.1) is 12.7 Å². The largest absolute Gasteiger partial charge is 0.492 e. The molecule has 1 aromatic carbocycles. The van der Waals surface area contributed by atoms with Gasteiger partial charge in [-0.05, 0) is 55.2 Å². The Hall–Kier alpha value is -1.68. The van der Waals surface area contributed by atoms with Crippen LogP contribution in [0.2, 0.25) is 0 Å². The van der Waals surface area contributed by atoms with Gasteiger partial charge in [0, 0.05) is 44.6 Å². The Morgan fingerprint density at radius 3 is 2.57 bits per heavy atom. The van der Waals surface area contributed by atoms with Crippen molar-refractivity contribution in [3.05, 3.63) is 23.8 Å². The fourth-order valence-corrected chi connectivity index (χ4v) is 8.41. The molecule has 2 N–H and O–H groups in total. The number of piperidine rings is 1. The van der Waals surface area contributed by atoms with Crippen LogP contribution in [-0.4, -0.2) is 79.1 Å². The molecule has 2 saturated heterocycles. The minimum Gasteiger partial charge on any atom is -0.492 e. The summed E-state index contributed by atoms with van der Waals surface area (Å²) in [7, 11) is -4.03. The van der Waals surface area contributed by atoms with Crippen LogP contribution in [0.25, 0.3) is 0 Å². The second-order valence-corrected chi connectivity index (χ2v) is 13.9. The molecule has 3 fully saturated rings. The number of benzene rings is 1. The molecule has 0 unspecified atom stereocenters. The van der Waals surface area contributed by atoms with Crippen LogP contribution in [0.1, 0.15) is 83.1 Å². The normalized spacial score (nSPS) is 29.2. The van der Waals surface area contributed by atoms with E-state index in [-0.39, 0.29) is 29.7 Å². The summed E-state index contributed by atoms with van der Waals surface area (Å²) >= 11 is 0. The van der Waals surface area contributed by atoms with Crippen molar-refractivity contribution in [2.24, 2.45) is 5.92 Å². The number of rotatable bonds is 3. The molecule has 0 radical (unpaired) electrons. The lowest BCUT2D eigenvalue weighted by Crippen LogP contribution is -2.59. The zero-order valence-electron chi connectivity index (χ0n) is 22.3. The van der Waals surface area contributed by atoms with Crippen LogP contribution in [-0.2, 0) is 14.8 Å². The van der Waals surface area contributed by atoms with Gasteiger partial charge in [0.1, 0.15) is 16.7 Å². The maximum absolute atomic E-state index is 13.8. The van der Waals surface area contributed by atoms with Gasteiger partial charge in [-0.3, -0.25) is 4.79 Å². The Morgan fingerprint density at radius 1 is 1.14 bits per heavy atom. The van der Waals surface area contributed by atoms with Crippen molar-refractivity contribution in [3.8, 4) is 5.75 Å². The highest BCUT2D eigenvalue weighted by Gasteiger charge is 2.47. The number of aliphatic hydroxyl groups excluding tert-OH is 1. The van der Waals surface area contributed by atoms with Crippen molar-refractivity contribution in [2.75, 3.05) is 32.8 Å². The number of carbonyl (C=O) groups is 1. The van der Waals surface area contributed by atoms with Crippen LogP contribution in [0.4, 0.5) is 0 Å². The summed E-state index contributed by atoms with van der Waals surface area (Å²) in [5.74, 6) is 1.03. The fourth-order valence-electron chi connectivity index (χ4n) is 6.66. The number of ether oxygens (including phenoxy) is 1. The smallest absolute Gasteiger partial charge is 0.247 e. The van der Waals surface area contributed by atoms with E-state index in [1.54, 1.807) is 6.07 Å². The first-order chi connectivity index (χ1) is 17.7. The van der Waals surface area contributed by atoms with E-state index < -0.39 is 27.7 Å². The van der Waals surface area contributed by atoms with Gasteiger partial charge in [0.25, 0.3) is 0 Å². The van der Waals surface area contributed by atoms with Gasteiger partial charge in [-0.1, -0.05) is 39.2 Å². The molecule has 0 bridgehead atoms. The molecule has 1 aromatic rings. The first kappa shape index (κ1) is 26.9. The van der Waals surface area contributed by atoms with Gasteiger partial charge in [0.2, 0.25) is 15.9 Å². The Bertz CT molecular complexity index is 1080. The van der Waals surface area contributed by atoms with Crippen molar-refractivity contribution in [1.29, 1.82) is 0 Å². The molecular weight excluding hydrogens is 490 g/mol. The maximum atomic E-state index is 13.8. The van der Waals surface area contributed by atoms with Crippen LogP contribution >= 0.6 is 0 Å². The van der Waals surface area contributed by atoms with Crippen LogP contribution in [0.3, 0.4) is 0 Å². The summed E-state index contributed by atoms with van der Waals surface area (Å²) in [5, 5.41) is 13.7. The van der Waals surface area contributed by atoms with Gasteiger partial charge in [0.15, 0.2) is 0 Å². The van der Waals surface area contributed by atoms with E-state index in [1.165, 1.54) is 36.4 Å². The van der Waals surface area contributed by atoms with E-state index in [9.17, 15) is 18.3 Å². The standard InChI is InChI=1S/C28H43N3O5S/c1-20(2)22-8-9-26-25(16-22)36-15-12-28(10-13-30(14-11-28)18-21-6-4-3-5-7-21)29-27(33)24-17-23(32)19-31(24)37(26,34)35/h8-9,16,20-21,23-24,32H,3-7,10-15,17-19H2,1-2H3,(H,29,33)/t23-,24+/m1/s1. The molecule has 0 aromatic heterocycles. The molecule has 2 atom stereocenters. The Balaban J connectivity index is 1.40. The molecule has 5 rings (SSSR count). The molecule has 1 saturated carbocycles. The van der Waals surface area contributed by atoms with Crippen LogP contribution in [0.15, 0.2) is 23.1 Å². The number of nitrogens with zero attached hydrogens (tertiary/aromatic N) is 2. The third-order valence-electron chi connectivity index (χ3n) is 9.04. The van der Waals surface area contributed by atoms with E-state index in [1.807, 2.05) is 12.1 Å². The zero-order chi connectivity index (χ0) is 26.2. The summed E-state index contributed by atoms with van der Waals surface area (Å²) in [5.41, 5.74) is 0.560. The molecular formula is C28H43N3O5S. The number of fused-ring (bicyclic) bond motifs is 2. The summed E-state index contributed by atoms with van der Waals surface area (Å²) in [6, 6.07) is 4.31. The second-order valence-electron chi connectivity index (χ2n) is 12.0. The highest BCUT2D eigenvalue weighted by Crippen LogP contribution is 2.37. The van der Waals surface area contributed by atoms with Crippen molar-refractivity contribution >= 4 is 15.9 Å². The predicted molar refractivity (Wildman–Crippen MR) is 142 cm³/mol. The van der Waals surface area contributed by atoms with Crippen LogP contribution < -0.4 is 10.1 Å². The molecule has 8 nitrogen and oxygen atoms in total. The number of likely N-dealkylation sites (tertiary alicyclic amines) is 1. The van der Waals surface area contributed by atoms with Crippen molar-refractivity contribution in [1.82, 2.24) is 14.5 Å². The van der Waals surface area contributed by atoms with Crippen molar-refractivity contribution in [2.45, 2.75) is 100 Å². The lowest BCUT2D eigenvalue weighted by molar-refractivity contribution is -0.127. The number of amides is 1. The summed E-state index contributed by atoms with van der Waals surface area (Å²) in [6.45, 7) is 7.33. The molecule has 3 aliphatic heterocycles. The third kappa shape index (κ3) is 5.70. The highest BCUT2D eigenvalue weighted by atomic mass is 32.2. The zero-order valence-corrected chi connectivity index (χ0v) is 23.1. The van der Waals surface area contributed by atoms with E-state index in [2.05, 4.69) is 24.1 Å². The number of sulfonamides is 1. The molecule has 37 heavy (non-hydrogen) atoms. The second kappa shape index (κ2) is 10.8. The lowest BCUT2D eigenvalue weighted by atomic mass is 9.83. The molecule has 9 heteroatoms. The molecule has 3 heterocycles. The molecule has 206 valence electrons. The van der Waals surface area contributed by atoms with E-state index >= 15 is 0 Å². The van der Waals surface area contributed by atoms with Crippen molar-refractivity contribution < 1.29 is 23.1 Å². The quantitative estimate of drug-likeness (QED) is 0.619. The highest BCUT2D eigenvalue weighted by molar-refractivity contribution is 7.89. The van der Waals surface area contributed by atoms with Gasteiger partial charge < -0.3 is 20.1 Å². The summed E-state index contributed by atoms with van der Waals surface area (Å²) in [4.78, 5) is 16.2. The number of nitrogens with one attached hydrogen (secondary N) is 1. The average molecular weight is 534 g/mol. The van der Waals surface area contributed by atoms with E-state index in [4.69, 9.17) is 4.74 Å². The molecule has 4 aliphatic rings. The fraction of sp³-hybridized carbons (Fsp3) is 0.750. The Kier molecular flexibility index (Phi) is 7.87. The van der Waals surface area contributed by atoms with Crippen molar-refractivity contribution in [3.63, 3.8) is 0 Å². The monoisotopic (exact) mass is 533 g/mol. The Labute approximate surface area is 221 Å². The molecule has 1 spiro atoms. The SMILES string of the molecule is CC(C)c1ccc2c(c1)OCCC1(CCN(CC3CCCCC3)CC1)NC(=O)[C@@H]1C[C@@H](O)CN1S2(=O)=O. The summed E-state index contributed by atoms with van der Waals surface area (Å²) in [6.07, 6.45) is 8.15. The molecule has 1 amide bonds. The van der Waals surface area contributed by atoms with Gasteiger partial charge in [-0.15, -0.1) is 0 Å². The summed E-state index contributed by atoms with van der Waals surface area (Å²) < 4.78 is 34.9. The van der Waals surface area contributed by atoms with E-state index in [0.717, 1.165) is 44.0 Å². The predicted octanol–water partition coefficient (Wildman–Crippen LogP) is 3.25. The first-order valence-electron chi connectivity index (χ1n) is 14.2. The topological polar surface area (TPSA) is 99.2 Å². The van der Waals surface area contributed by atoms with Gasteiger partial charge >= 0.3 is 0 Å². The van der Waals surface area contributed by atoms with Crippen LogP contribution in [0.5, 0.6) is 5.75 Å². The van der Waals surface area contributed by atoms with E-state index in [0.29, 0.717) is 18.8 Å². The Morgan fingerprint density at radius 2 is 1.86 bits per heavy atom. The van der Waals surface area contributed by atoms with Gasteiger partial charge in [-0.25, -0.2) is 8.42 Å². The number of hydrogen-bond acceptors (Lipinski definition) is 6.